The van der Waals surface area contributed by atoms with Gasteiger partial charge in [0.15, 0.2) is 0 Å². The molecule has 0 aliphatic carbocycles. The van der Waals surface area contributed by atoms with Crippen molar-refractivity contribution in [3.63, 3.8) is 0 Å². The number of nitrogens with zero attached hydrogens (tertiary/aromatic N) is 1. The minimum Gasteiger partial charge on any atom is -0.288 e. The normalized spacial score (nSPS) is 9.92. The fourth-order valence-electron chi connectivity index (χ4n) is 1.06. The van der Waals surface area contributed by atoms with E-state index in [9.17, 15) is 5.21 Å². The molecule has 0 bridgehead atoms. The lowest BCUT2D eigenvalue weighted by Crippen LogP contribution is -2.18. The molecule has 0 atom stereocenters. The number of hydroxylamine groups is 1. The first-order chi connectivity index (χ1) is 5.74. The summed E-state index contributed by atoms with van der Waals surface area (Å²) in [5.74, 6) is 0. The summed E-state index contributed by atoms with van der Waals surface area (Å²) in [6.45, 7) is 4.76. The minimum absolute atomic E-state index is 0.684. The SMILES string of the molecule is CCCN(O)c1ccc(C)cc1. The molecule has 0 heterocycles. The van der Waals surface area contributed by atoms with E-state index >= 15 is 0 Å². The molecule has 66 valence electrons. The summed E-state index contributed by atoms with van der Waals surface area (Å²) in [5, 5.41) is 10.7. The molecule has 1 aromatic rings. The molecule has 0 saturated heterocycles. The Bertz CT molecular complexity index is 230. The summed E-state index contributed by atoms with van der Waals surface area (Å²) in [6.07, 6.45) is 0.949. The predicted octanol–water partition coefficient (Wildman–Crippen LogP) is 2.60. The van der Waals surface area contributed by atoms with Gasteiger partial charge in [-0.25, -0.2) is 0 Å². The van der Waals surface area contributed by atoms with Gasteiger partial charge in [0.2, 0.25) is 0 Å². The molecule has 0 unspecified atom stereocenters. The van der Waals surface area contributed by atoms with Crippen molar-refractivity contribution in [2.45, 2.75) is 20.3 Å². The van der Waals surface area contributed by atoms with E-state index in [2.05, 4.69) is 0 Å². The van der Waals surface area contributed by atoms with Gasteiger partial charge < -0.3 is 0 Å². The van der Waals surface area contributed by atoms with Crippen LogP contribution in [0.25, 0.3) is 0 Å². The van der Waals surface area contributed by atoms with Gasteiger partial charge in [0.1, 0.15) is 0 Å². The van der Waals surface area contributed by atoms with Crippen molar-refractivity contribution in [1.29, 1.82) is 0 Å². The Morgan fingerprint density at radius 3 is 2.33 bits per heavy atom. The van der Waals surface area contributed by atoms with Gasteiger partial charge in [0, 0.05) is 6.54 Å². The number of hydrogen-bond acceptors (Lipinski definition) is 2. The quantitative estimate of drug-likeness (QED) is 0.696. The first kappa shape index (κ1) is 9.07. The van der Waals surface area contributed by atoms with Crippen molar-refractivity contribution < 1.29 is 5.21 Å². The molecule has 2 heteroatoms. The zero-order chi connectivity index (χ0) is 8.97. The summed E-state index contributed by atoms with van der Waals surface area (Å²) in [6, 6.07) is 7.83. The molecule has 0 radical (unpaired) electrons. The summed E-state index contributed by atoms with van der Waals surface area (Å²) in [4.78, 5) is 0. The van der Waals surface area contributed by atoms with Crippen molar-refractivity contribution in [1.82, 2.24) is 0 Å². The summed E-state index contributed by atoms with van der Waals surface area (Å²) in [5.41, 5.74) is 2.08. The number of rotatable bonds is 3. The molecule has 1 N–H and O–H groups in total. The average Bonchev–Trinajstić information content (AvgIpc) is 2.06. The van der Waals surface area contributed by atoms with Crippen LogP contribution in [0.4, 0.5) is 5.69 Å². The minimum atomic E-state index is 0.684. The van der Waals surface area contributed by atoms with Gasteiger partial charge in [-0.2, -0.15) is 0 Å². The van der Waals surface area contributed by atoms with Crippen LogP contribution in [0.5, 0.6) is 0 Å². The van der Waals surface area contributed by atoms with Crippen LogP contribution in [0.15, 0.2) is 24.3 Å². The standard InChI is InChI=1S/C10H15NO/c1-3-8-11(12)10-6-4-9(2)5-7-10/h4-7,12H,3,8H2,1-2H3. The molecule has 0 fully saturated rings. The van der Waals surface area contributed by atoms with Crippen LogP contribution in [0.2, 0.25) is 0 Å². The monoisotopic (exact) mass is 165 g/mol. The second-order valence-electron chi connectivity index (χ2n) is 2.96. The number of hydrogen-bond donors (Lipinski definition) is 1. The Balaban J connectivity index is 2.68. The van der Waals surface area contributed by atoms with Gasteiger partial charge in [-0.3, -0.25) is 10.3 Å². The van der Waals surface area contributed by atoms with Crippen molar-refractivity contribution in [3.05, 3.63) is 29.8 Å². The molecule has 0 aliphatic rings. The van der Waals surface area contributed by atoms with Crippen LogP contribution < -0.4 is 5.06 Å². The smallest absolute Gasteiger partial charge is 0.0634 e. The largest absolute Gasteiger partial charge is 0.288 e. The highest BCUT2D eigenvalue weighted by atomic mass is 16.5. The third-order valence-electron chi connectivity index (χ3n) is 1.77. The molecular weight excluding hydrogens is 150 g/mol. The molecular formula is C10H15NO. The molecule has 0 aliphatic heterocycles. The van der Waals surface area contributed by atoms with Gasteiger partial charge in [-0.15, -0.1) is 0 Å². The van der Waals surface area contributed by atoms with Crippen molar-refractivity contribution in [3.8, 4) is 0 Å². The lowest BCUT2D eigenvalue weighted by atomic mass is 10.2. The van der Waals surface area contributed by atoms with Gasteiger partial charge in [-0.05, 0) is 25.5 Å². The topological polar surface area (TPSA) is 23.5 Å². The maximum absolute atomic E-state index is 9.44. The van der Waals surface area contributed by atoms with E-state index in [-0.39, 0.29) is 0 Å². The Kier molecular flexibility index (Phi) is 3.11. The Morgan fingerprint density at radius 1 is 1.25 bits per heavy atom. The van der Waals surface area contributed by atoms with E-state index in [1.165, 1.54) is 10.6 Å². The lowest BCUT2D eigenvalue weighted by Gasteiger charge is -2.15. The maximum atomic E-state index is 9.44. The average molecular weight is 165 g/mol. The van der Waals surface area contributed by atoms with Gasteiger partial charge in [-0.1, -0.05) is 24.6 Å². The summed E-state index contributed by atoms with van der Waals surface area (Å²) in [7, 11) is 0. The molecule has 0 spiro atoms. The van der Waals surface area contributed by atoms with Crippen molar-refractivity contribution in [2.24, 2.45) is 0 Å². The lowest BCUT2D eigenvalue weighted by molar-refractivity contribution is 0.254. The molecule has 0 aromatic heterocycles. The van der Waals surface area contributed by atoms with Crippen LogP contribution >= 0.6 is 0 Å². The van der Waals surface area contributed by atoms with E-state index in [1.807, 2.05) is 38.1 Å². The molecule has 2 nitrogen and oxygen atoms in total. The van der Waals surface area contributed by atoms with Crippen LogP contribution in [0, 0.1) is 6.92 Å². The molecule has 0 saturated carbocycles. The third kappa shape index (κ3) is 2.24. The van der Waals surface area contributed by atoms with E-state index in [1.54, 1.807) is 0 Å². The fraction of sp³-hybridized carbons (Fsp3) is 0.400. The zero-order valence-corrected chi connectivity index (χ0v) is 7.62. The number of aryl methyl sites for hydroxylation is 1. The Hall–Kier alpha value is -1.02. The highest BCUT2D eigenvalue weighted by Crippen LogP contribution is 2.12. The fourth-order valence-corrected chi connectivity index (χ4v) is 1.06. The van der Waals surface area contributed by atoms with Gasteiger partial charge >= 0.3 is 0 Å². The van der Waals surface area contributed by atoms with Gasteiger partial charge in [0.25, 0.3) is 0 Å². The van der Waals surface area contributed by atoms with E-state index < -0.39 is 0 Å². The highest BCUT2D eigenvalue weighted by molar-refractivity contribution is 5.44. The Labute approximate surface area is 73.4 Å². The van der Waals surface area contributed by atoms with Crippen LogP contribution in [-0.4, -0.2) is 11.8 Å². The molecule has 1 aromatic carbocycles. The first-order valence-corrected chi connectivity index (χ1v) is 4.27. The number of benzene rings is 1. The van der Waals surface area contributed by atoms with Crippen LogP contribution in [-0.2, 0) is 0 Å². The predicted molar refractivity (Wildman–Crippen MR) is 50.6 cm³/mol. The van der Waals surface area contributed by atoms with E-state index in [0.29, 0.717) is 6.54 Å². The highest BCUT2D eigenvalue weighted by Gasteiger charge is 1.98. The second-order valence-corrected chi connectivity index (χ2v) is 2.96. The van der Waals surface area contributed by atoms with Crippen molar-refractivity contribution in [2.75, 3.05) is 11.6 Å². The van der Waals surface area contributed by atoms with Gasteiger partial charge in [0.05, 0.1) is 5.69 Å². The summed E-state index contributed by atoms with van der Waals surface area (Å²) < 4.78 is 0. The van der Waals surface area contributed by atoms with Crippen LogP contribution in [0.3, 0.4) is 0 Å². The molecule has 0 amide bonds. The Morgan fingerprint density at radius 2 is 1.83 bits per heavy atom. The zero-order valence-electron chi connectivity index (χ0n) is 7.62. The summed E-state index contributed by atoms with van der Waals surface area (Å²) >= 11 is 0. The first-order valence-electron chi connectivity index (χ1n) is 4.27. The molecule has 12 heavy (non-hydrogen) atoms. The third-order valence-corrected chi connectivity index (χ3v) is 1.77. The number of anilines is 1. The molecule has 1 rings (SSSR count). The van der Waals surface area contributed by atoms with Crippen molar-refractivity contribution >= 4 is 5.69 Å². The van der Waals surface area contributed by atoms with Crippen LogP contribution in [0.1, 0.15) is 18.9 Å². The van der Waals surface area contributed by atoms with E-state index in [4.69, 9.17) is 0 Å². The van der Waals surface area contributed by atoms with E-state index in [0.717, 1.165) is 12.1 Å². The second kappa shape index (κ2) is 4.12. The maximum Gasteiger partial charge on any atom is 0.0634 e.